The average Bonchev–Trinajstić information content (AvgIpc) is 3.07. The van der Waals surface area contributed by atoms with Gasteiger partial charge < -0.3 is 19.1 Å². The molecule has 2 saturated heterocycles. The summed E-state index contributed by atoms with van der Waals surface area (Å²) in [6.45, 7) is 1.02. The smallest absolute Gasteiger partial charge is 0.166 e. The molecule has 0 N–H and O–H groups in total. The van der Waals surface area contributed by atoms with E-state index in [1.165, 1.54) is 11.1 Å². The molecule has 6 heteroatoms. The van der Waals surface area contributed by atoms with Gasteiger partial charge in [-0.15, -0.1) is 11.8 Å². The highest BCUT2D eigenvalue weighted by Gasteiger charge is 2.80. The first kappa shape index (κ1) is 16.3. The summed E-state index contributed by atoms with van der Waals surface area (Å²) in [5.41, 5.74) is 1.76. The largest absolute Gasteiger partial charge is 0.493 e. The molecule has 2 aliphatic carbocycles. The molecule has 7 rings (SSSR count). The molecule has 6 atom stereocenters. The van der Waals surface area contributed by atoms with Crippen molar-refractivity contribution >= 4 is 11.8 Å². The molecule has 0 radical (unpaired) electrons. The molecule has 2 spiro atoms. The van der Waals surface area contributed by atoms with Gasteiger partial charge >= 0.3 is 0 Å². The Kier molecular flexibility index (Phi) is 2.92. The van der Waals surface area contributed by atoms with E-state index < -0.39 is 5.60 Å². The minimum Gasteiger partial charge on any atom is -0.493 e. The summed E-state index contributed by atoms with van der Waals surface area (Å²) < 4.78 is 18.3. The van der Waals surface area contributed by atoms with E-state index in [0.717, 1.165) is 30.9 Å². The van der Waals surface area contributed by atoms with E-state index in [2.05, 4.69) is 36.2 Å². The molecule has 0 amide bonds. The summed E-state index contributed by atoms with van der Waals surface area (Å²) in [7, 11) is 5.63. The first-order chi connectivity index (χ1) is 13.1. The van der Waals surface area contributed by atoms with Crippen LogP contribution in [0.5, 0.6) is 11.5 Å². The normalized spacial score (nSPS) is 45.2. The summed E-state index contributed by atoms with van der Waals surface area (Å²) in [6.07, 6.45) is 6.25. The molecular formula is C21H22N2O3S. The van der Waals surface area contributed by atoms with Crippen molar-refractivity contribution in [3.8, 4) is 17.6 Å². The fourth-order valence-electron chi connectivity index (χ4n) is 6.61. The number of nitrogens with zero attached hydrogens (tertiary/aromatic N) is 2. The number of hydrogen-bond donors (Lipinski definition) is 0. The molecule has 4 heterocycles. The Bertz CT molecular complexity index is 942. The van der Waals surface area contributed by atoms with Gasteiger partial charge in [-0.05, 0) is 44.1 Å². The van der Waals surface area contributed by atoms with Crippen LogP contribution in [-0.2, 0) is 16.6 Å². The van der Waals surface area contributed by atoms with Gasteiger partial charge in [-0.1, -0.05) is 12.1 Å². The predicted molar refractivity (Wildman–Crippen MR) is 102 cm³/mol. The summed E-state index contributed by atoms with van der Waals surface area (Å²) in [4.78, 5) is 2.48. The van der Waals surface area contributed by atoms with Gasteiger partial charge in [0.25, 0.3) is 0 Å². The summed E-state index contributed by atoms with van der Waals surface area (Å²) >= 11 is 1.80. The van der Waals surface area contributed by atoms with Gasteiger partial charge in [0.15, 0.2) is 11.5 Å². The Labute approximate surface area is 163 Å². The van der Waals surface area contributed by atoms with E-state index in [9.17, 15) is 5.26 Å². The Morgan fingerprint density at radius 1 is 1.33 bits per heavy atom. The van der Waals surface area contributed by atoms with E-state index >= 15 is 0 Å². The van der Waals surface area contributed by atoms with Crippen molar-refractivity contribution < 1.29 is 14.2 Å². The highest BCUT2D eigenvalue weighted by molar-refractivity contribution is 8.02. The number of fused-ring (bicyclic) bond motifs is 1. The molecular weight excluding hydrogens is 360 g/mol. The molecule has 1 aromatic rings. The van der Waals surface area contributed by atoms with Gasteiger partial charge in [-0.3, -0.25) is 0 Å². The van der Waals surface area contributed by atoms with Crippen molar-refractivity contribution in [3.63, 3.8) is 0 Å². The summed E-state index contributed by atoms with van der Waals surface area (Å²) in [6, 6.07) is 7.11. The Hall–Kier alpha value is -1.68. The van der Waals surface area contributed by atoms with Gasteiger partial charge in [0.2, 0.25) is 0 Å². The second-order valence-electron chi connectivity index (χ2n) is 8.36. The first-order valence-electron chi connectivity index (χ1n) is 9.48. The number of nitriles is 1. The quantitative estimate of drug-likeness (QED) is 0.732. The number of piperidine rings is 1. The molecule has 6 aliphatic rings. The Morgan fingerprint density at radius 3 is 2.93 bits per heavy atom. The second-order valence-corrected chi connectivity index (χ2v) is 9.74. The van der Waals surface area contributed by atoms with Crippen LogP contribution in [0.3, 0.4) is 0 Å². The molecule has 1 aromatic carbocycles. The number of likely N-dealkylation sites (tertiary alicyclic amines) is 1. The monoisotopic (exact) mass is 382 g/mol. The van der Waals surface area contributed by atoms with Gasteiger partial charge in [-0.2, -0.15) is 5.26 Å². The van der Waals surface area contributed by atoms with Crippen LogP contribution < -0.4 is 9.47 Å². The van der Waals surface area contributed by atoms with Crippen molar-refractivity contribution in [2.24, 2.45) is 0 Å². The zero-order valence-electron chi connectivity index (χ0n) is 15.7. The standard InChI is InChI=1S/C21H22N2O3S/c1-23-9-8-19-16-12-4-5-13(24-2)17(16)26-18(19)20(25-3)6-7-21(19,14(23)10-12)27-15(20)11-22/h4-7,14-15,18H,8-10H2,1-3H3/t14-,15+,18-,19+,20-,21-/m1/s1. The van der Waals surface area contributed by atoms with Crippen LogP contribution >= 0.6 is 11.8 Å². The van der Waals surface area contributed by atoms with Gasteiger partial charge in [0, 0.05) is 18.7 Å². The van der Waals surface area contributed by atoms with E-state index in [4.69, 9.17) is 14.2 Å². The maximum Gasteiger partial charge on any atom is 0.166 e. The molecule has 0 unspecified atom stereocenters. The number of thioether (sulfide) groups is 1. The van der Waals surface area contributed by atoms with Crippen LogP contribution in [-0.4, -0.2) is 60.5 Å². The highest BCUT2D eigenvalue weighted by atomic mass is 32.2. The molecule has 4 aliphatic heterocycles. The SMILES string of the molecule is COc1ccc2c3c1O[C@H]1[C@@]4(OC)C=C[C@@]5(S[C@H]4C#N)[C@@H](C2)N(C)CC[C@]315. The molecule has 140 valence electrons. The van der Waals surface area contributed by atoms with Crippen LogP contribution in [0.2, 0.25) is 0 Å². The minimum atomic E-state index is -0.736. The van der Waals surface area contributed by atoms with Crippen LogP contribution in [0, 0.1) is 11.3 Å². The summed E-state index contributed by atoms with van der Waals surface area (Å²) in [5.74, 6) is 1.66. The van der Waals surface area contributed by atoms with E-state index in [-0.39, 0.29) is 21.5 Å². The minimum absolute atomic E-state index is 0.171. The lowest BCUT2D eigenvalue weighted by molar-refractivity contribution is -0.112. The van der Waals surface area contributed by atoms with Crippen molar-refractivity contribution in [1.29, 1.82) is 5.26 Å². The Morgan fingerprint density at radius 2 is 2.19 bits per heavy atom. The first-order valence-corrected chi connectivity index (χ1v) is 10.4. The second kappa shape index (κ2) is 4.83. The molecule has 27 heavy (non-hydrogen) atoms. The van der Waals surface area contributed by atoms with Crippen LogP contribution in [0.25, 0.3) is 0 Å². The predicted octanol–water partition coefficient (Wildman–Crippen LogP) is 2.29. The maximum absolute atomic E-state index is 10.0. The van der Waals surface area contributed by atoms with Crippen molar-refractivity contribution in [1.82, 2.24) is 4.90 Å². The number of ether oxygens (including phenoxy) is 3. The molecule has 2 fully saturated rings. The topological polar surface area (TPSA) is 54.7 Å². The van der Waals surface area contributed by atoms with E-state index in [1.807, 2.05) is 6.07 Å². The summed E-state index contributed by atoms with van der Waals surface area (Å²) in [5, 5.41) is 9.73. The lowest BCUT2D eigenvalue weighted by Crippen LogP contribution is -2.81. The lowest BCUT2D eigenvalue weighted by Gasteiger charge is -2.69. The number of methoxy groups -OCH3 is 2. The van der Waals surface area contributed by atoms with E-state index in [1.54, 1.807) is 26.0 Å². The third-order valence-corrected chi connectivity index (χ3v) is 9.62. The van der Waals surface area contributed by atoms with Crippen LogP contribution in [0.4, 0.5) is 0 Å². The van der Waals surface area contributed by atoms with Gasteiger partial charge in [0.1, 0.15) is 17.0 Å². The highest BCUT2D eigenvalue weighted by Crippen LogP contribution is 2.73. The van der Waals surface area contributed by atoms with Crippen molar-refractivity contribution in [2.75, 3.05) is 27.8 Å². The lowest BCUT2D eigenvalue weighted by atomic mass is 9.50. The number of hydrogen-bond acceptors (Lipinski definition) is 6. The fraction of sp³-hybridized carbons (Fsp3) is 0.571. The number of rotatable bonds is 2. The van der Waals surface area contributed by atoms with Gasteiger partial charge in [-0.25, -0.2) is 0 Å². The van der Waals surface area contributed by atoms with Crippen LogP contribution in [0.15, 0.2) is 24.3 Å². The van der Waals surface area contributed by atoms with Gasteiger partial charge in [0.05, 0.1) is 23.3 Å². The molecule has 5 nitrogen and oxygen atoms in total. The Balaban J connectivity index is 1.73. The molecule has 4 bridgehead atoms. The van der Waals surface area contributed by atoms with Crippen molar-refractivity contribution in [3.05, 3.63) is 35.4 Å². The third kappa shape index (κ3) is 1.45. The van der Waals surface area contributed by atoms with E-state index in [0.29, 0.717) is 6.04 Å². The zero-order chi connectivity index (χ0) is 18.6. The average molecular weight is 382 g/mol. The fourth-order valence-corrected chi connectivity index (χ4v) is 8.63. The number of likely N-dealkylation sites (N-methyl/N-ethyl adjacent to an activating group) is 1. The zero-order valence-corrected chi connectivity index (χ0v) is 16.5. The third-order valence-electron chi connectivity index (χ3n) is 7.75. The maximum atomic E-state index is 10.0. The number of benzene rings is 1. The van der Waals surface area contributed by atoms with Crippen LogP contribution in [0.1, 0.15) is 17.5 Å². The van der Waals surface area contributed by atoms with Crippen molar-refractivity contribution in [2.45, 2.75) is 46.0 Å². The molecule has 0 aromatic heterocycles. The molecule has 0 saturated carbocycles.